The number of nitro groups is 1. The smallest absolute Gasteiger partial charge is 0.286 e. The lowest BCUT2D eigenvalue weighted by molar-refractivity contribution is -0.479. The molecule has 1 aromatic rings. The van der Waals surface area contributed by atoms with Crippen molar-refractivity contribution in [2.45, 2.75) is 6.42 Å². The summed E-state index contributed by atoms with van der Waals surface area (Å²) in [5, 5.41) is 9.86. The third kappa shape index (κ3) is 2.32. The number of nitrogens with zero attached hydrogens (tertiary/aromatic N) is 2. The lowest BCUT2D eigenvalue weighted by Gasteiger charge is -1.88. The van der Waals surface area contributed by atoms with Crippen molar-refractivity contribution < 1.29 is 9.31 Å². The molecule has 0 aliphatic rings. The second-order valence-corrected chi connectivity index (χ2v) is 2.01. The van der Waals surface area contributed by atoms with Gasteiger partial charge in [-0.25, -0.2) is 4.98 Å². The Hall–Kier alpha value is -1.46. The average Bonchev–Trinajstić information content (AvgIpc) is 2.31. The molecular weight excluding hydrogens is 153 g/mol. The number of aromatic nitrogens is 2. The van der Waals surface area contributed by atoms with Crippen molar-refractivity contribution >= 4 is 0 Å². The first kappa shape index (κ1) is 7.64. The summed E-state index contributed by atoms with van der Waals surface area (Å²) < 4.78 is 12.1. The van der Waals surface area contributed by atoms with Crippen molar-refractivity contribution in [3.63, 3.8) is 0 Å². The van der Waals surface area contributed by atoms with Crippen molar-refractivity contribution in [2.24, 2.45) is 0 Å². The van der Waals surface area contributed by atoms with Gasteiger partial charge in [0.2, 0.25) is 6.54 Å². The molecule has 1 rings (SSSR count). The third-order valence-corrected chi connectivity index (χ3v) is 1.16. The van der Waals surface area contributed by atoms with E-state index in [1.165, 1.54) is 6.20 Å². The van der Waals surface area contributed by atoms with Crippen molar-refractivity contribution in [3.05, 3.63) is 28.1 Å². The number of halogens is 1. The van der Waals surface area contributed by atoms with Crippen LogP contribution in [0.15, 0.2) is 6.20 Å². The van der Waals surface area contributed by atoms with E-state index in [0.29, 0.717) is 5.69 Å². The summed E-state index contributed by atoms with van der Waals surface area (Å²) in [5.41, 5.74) is 0.444. The van der Waals surface area contributed by atoms with E-state index in [1.54, 1.807) is 0 Å². The highest BCUT2D eigenvalue weighted by molar-refractivity contribution is 4.94. The van der Waals surface area contributed by atoms with Gasteiger partial charge in [-0.15, -0.1) is 0 Å². The van der Waals surface area contributed by atoms with Crippen LogP contribution in [0.25, 0.3) is 0 Å². The molecule has 0 radical (unpaired) electrons. The second kappa shape index (κ2) is 3.09. The quantitative estimate of drug-likeness (QED) is 0.511. The minimum atomic E-state index is -0.705. The minimum Gasteiger partial charge on any atom is -0.318 e. The van der Waals surface area contributed by atoms with Gasteiger partial charge < -0.3 is 4.98 Å². The van der Waals surface area contributed by atoms with Crippen molar-refractivity contribution in [1.29, 1.82) is 0 Å². The van der Waals surface area contributed by atoms with Crippen molar-refractivity contribution in [2.75, 3.05) is 6.54 Å². The van der Waals surface area contributed by atoms with Gasteiger partial charge in [0.25, 0.3) is 6.08 Å². The van der Waals surface area contributed by atoms with Crippen LogP contribution >= 0.6 is 0 Å². The molecule has 0 aliphatic carbocycles. The number of imidazole rings is 1. The Morgan fingerprint density at radius 2 is 2.55 bits per heavy atom. The van der Waals surface area contributed by atoms with E-state index in [0.717, 1.165) is 0 Å². The molecule has 0 atom stereocenters. The fraction of sp³-hybridized carbons (Fsp3) is 0.400. The second-order valence-electron chi connectivity index (χ2n) is 2.01. The first-order valence-electron chi connectivity index (χ1n) is 2.99. The van der Waals surface area contributed by atoms with Gasteiger partial charge in [0, 0.05) is 10.6 Å². The van der Waals surface area contributed by atoms with Crippen LogP contribution in [0.4, 0.5) is 4.39 Å². The first-order chi connectivity index (χ1) is 5.18. The molecule has 1 heterocycles. The summed E-state index contributed by atoms with van der Waals surface area (Å²) in [4.78, 5) is 14.9. The van der Waals surface area contributed by atoms with Crippen LogP contribution in [0.2, 0.25) is 0 Å². The number of H-pyrrole nitrogens is 1. The first-order valence-corrected chi connectivity index (χ1v) is 2.99. The highest BCUT2D eigenvalue weighted by atomic mass is 19.1. The summed E-state index contributed by atoms with van der Waals surface area (Å²) in [6, 6.07) is 0. The maximum Gasteiger partial charge on any atom is 0.286 e. The fourth-order valence-electron chi connectivity index (χ4n) is 0.670. The Kier molecular flexibility index (Phi) is 2.15. The molecule has 0 fully saturated rings. The molecule has 1 aromatic heterocycles. The predicted octanol–water partition coefficient (Wildman–Crippen LogP) is 0.368. The molecule has 0 bridgehead atoms. The molecule has 0 saturated heterocycles. The van der Waals surface area contributed by atoms with Gasteiger partial charge >= 0.3 is 0 Å². The van der Waals surface area contributed by atoms with E-state index in [9.17, 15) is 14.5 Å². The molecule has 0 aromatic carbocycles. The molecule has 6 heteroatoms. The van der Waals surface area contributed by atoms with E-state index < -0.39 is 11.0 Å². The molecule has 5 nitrogen and oxygen atoms in total. The van der Waals surface area contributed by atoms with Gasteiger partial charge in [0.15, 0.2) is 0 Å². The normalized spacial score (nSPS) is 9.91. The molecule has 0 spiro atoms. The van der Waals surface area contributed by atoms with E-state index in [1.807, 2.05) is 0 Å². The highest BCUT2D eigenvalue weighted by Gasteiger charge is 2.02. The molecule has 0 unspecified atom stereocenters. The van der Waals surface area contributed by atoms with Crippen LogP contribution in [0, 0.1) is 16.2 Å². The van der Waals surface area contributed by atoms with Crippen LogP contribution in [0.5, 0.6) is 0 Å². The SMILES string of the molecule is O=[N+]([O-])CCc1cnc(F)[nH]1. The van der Waals surface area contributed by atoms with E-state index >= 15 is 0 Å². The van der Waals surface area contributed by atoms with Gasteiger partial charge in [0.05, 0.1) is 12.6 Å². The molecule has 60 valence electrons. The van der Waals surface area contributed by atoms with Crippen LogP contribution in [0.3, 0.4) is 0 Å². The fourth-order valence-corrected chi connectivity index (χ4v) is 0.670. The summed E-state index contributed by atoms with van der Waals surface area (Å²) in [7, 11) is 0. The number of hydrogen-bond donors (Lipinski definition) is 1. The molecule has 0 amide bonds. The summed E-state index contributed by atoms with van der Waals surface area (Å²) in [5.74, 6) is 0. The van der Waals surface area contributed by atoms with Crippen molar-refractivity contribution in [3.8, 4) is 0 Å². The monoisotopic (exact) mass is 159 g/mol. The van der Waals surface area contributed by atoms with E-state index in [4.69, 9.17) is 0 Å². The Labute approximate surface area is 61.4 Å². The molecule has 0 saturated carbocycles. The summed E-state index contributed by atoms with van der Waals surface area (Å²) in [6.45, 7) is -0.207. The molecule has 0 aliphatic heterocycles. The van der Waals surface area contributed by atoms with E-state index in [-0.39, 0.29) is 13.0 Å². The number of aromatic amines is 1. The Bertz CT molecular complexity index is 260. The Morgan fingerprint density at radius 1 is 1.82 bits per heavy atom. The number of nitrogens with one attached hydrogen (secondary N) is 1. The van der Waals surface area contributed by atoms with Crippen molar-refractivity contribution in [1.82, 2.24) is 9.97 Å². The molecular formula is C5H6FN3O2. The van der Waals surface area contributed by atoms with Crippen LogP contribution in [0.1, 0.15) is 5.69 Å². The van der Waals surface area contributed by atoms with Crippen LogP contribution in [-0.4, -0.2) is 21.4 Å². The predicted molar refractivity (Wildman–Crippen MR) is 34.1 cm³/mol. The Morgan fingerprint density at radius 3 is 3.00 bits per heavy atom. The topological polar surface area (TPSA) is 71.8 Å². The Balaban J connectivity index is 2.45. The number of hydrogen-bond acceptors (Lipinski definition) is 3. The summed E-state index contributed by atoms with van der Waals surface area (Å²) >= 11 is 0. The van der Waals surface area contributed by atoms with Gasteiger partial charge in [-0.3, -0.25) is 10.1 Å². The lowest BCUT2D eigenvalue weighted by atomic mass is 10.3. The van der Waals surface area contributed by atoms with Crippen LogP contribution in [-0.2, 0) is 6.42 Å². The number of rotatable bonds is 3. The lowest BCUT2D eigenvalue weighted by Crippen LogP contribution is -2.03. The minimum absolute atomic E-state index is 0.184. The highest BCUT2D eigenvalue weighted by Crippen LogP contribution is 1.95. The van der Waals surface area contributed by atoms with Gasteiger partial charge in [0.1, 0.15) is 0 Å². The van der Waals surface area contributed by atoms with Gasteiger partial charge in [-0.2, -0.15) is 4.39 Å². The molecule has 1 N–H and O–H groups in total. The largest absolute Gasteiger partial charge is 0.318 e. The van der Waals surface area contributed by atoms with Crippen LogP contribution < -0.4 is 0 Å². The zero-order chi connectivity index (χ0) is 8.27. The van der Waals surface area contributed by atoms with Gasteiger partial charge in [-0.05, 0) is 0 Å². The van der Waals surface area contributed by atoms with Gasteiger partial charge in [-0.1, -0.05) is 0 Å². The zero-order valence-electron chi connectivity index (χ0n) is 5.58. The maximum atomic E-state index is 12.1. The zero-order valence-corrected chi connectivity index (χ0v) is 5.58. The standard InChI is InChI=1S/C5H6FN3O2/c6-5-7-3-4(8-5)1-2-9(10)11/h3H,1-2H2,(H,7,8). The maximum absolute atomic E-state index is 12.1. The average molecular weight is 159 g/mol. The molecule has 11 heavy (non-hydrogen) atoms. The van der Waals surface area contributed by atoms with E-state index in [2.05, 4.69) is 9.97 Å². The third-order valence-electron chi connectivity index (χ3n) is 1.16. The summed E-state index contributed by atoms with van der Waals surface area (Å²) in [6.07, 6.45) is 0.728.